The summed E-state index contributed by atoms with van der Waals surface area (Å²) in [6.07, 6.45) is 1.09. The first kappa shape index (κ1) is 14.0. The van der Waals surface area contributed by atoms with Crippen molar-refractivity contribution in [3.63, 3.8) is 0 Å². The maximum absolute atomic E-state index is 5.66. The molecular formula is C19H22O2. The van der Waals surface area contributed by atoms with E-state index in [1.807, 2.05) is 6.07 Å². The molecule has 0 N–H and O–H groups in total. The first-order valence-corrected chi connectivity index (χ1v) is 7.38. The Morgan fingerprint density at radius 1 is 1.00 bits per heavy atom. The summed E-state index contributed by atoms with van der Waals surface area (Å²) < 4.78 is 11.1. The lowest BCUT2D eigenvalue weighted by molar-refractivity contribution is 0.390. The summed E-state index contributed by atoms with van der Waals surface area (Å²) in [5.41, 5.74) is 4.13. The summed E-state index contributed by atoms with van der Waals surface area (Å²) in [5, 5.41) is 0. The maximum atomic E-state index is 5.66. The first-order valence-electron chi connectivity index (χ1n) is 7.38. The fraction of sp³-hybridized carbons (Fsp3) is 0.368. The third-order valence-electron chi connectivity index (χ3n) is 4.57. The van der Waals surface area contributed by atoms with E-state index in [0.717, 1.165) is 17.9 Å². The zero-order valence-electron chi connectivity index (χ0n) is 13.1. The number of fused-ring (bicyclic) bond motifs is 1. The fourth-order valence-corrected chi connectivity index (χ4v) is 3.50. The van der Waals surface area contributed by atoms with Gasteiger partial charge in [0.15, 0.2) is 0 Å². The smallest absolute Gasteiger partial charge is 0.126 e. The van der Waals surface area contributed by atoms with Crippen molar-refractivity contribution in [3.05, 3.63) is 59.2 Å². The van der Waals surface area contributed by atoms with Gasteiger partial charge in [-0.1, -0.05) is 44.2 Å². The summed E-state index contributed by atoms with van der Waals surface area (Å²) in [7, 11) is 3.44. The van der Waals surface area contributed by atoms with Crippen molar-refractivity contribution in [2.45, 2.75) is 31.6 Å². The Labute approximate surface area is 126 Å². The molecule has 2 aromatic rings. The molecule has 110 valence electrons. The highest BCUT2D eigenvalue weighted by Gasteiger charge is 2.40. The number of ether oxygens (including phenoxy) is 2. The Hall–Kier alpha value is -1.96. The van der Waals surface area contributed by atoms with E-state index in [2.05, 4.69) is 50.2 Å². The number of hydrogen-bond acceptors (Lipinski definition) is 2. The van der Waals surface area contributed by atoms with Crippen LogP contribution in [0.5, 0.6) is 11.5 Å². The van der Waals surface area contributed by atoms with Gasteiger partial charge in [0.2, 0.25) is 0 Å². The quantitative estimate of drug-likeness (QED) is 0.824. The molecular weight excluding hydrogens is 260 g/mol. The highest BCUT2D eigenvalue weighted by atomic mass is 16.5. The molecule has 1 aliphatic carbocycles. The topological polar surface area (TPSA) is 18.5 Å². The molecule has 0 spiro atoms. The molecule has 2 nitrogen and oxygen atoms in total. The monoisotopic (exact) mass is 282 g/mol. The molecule has 0 aliphatic heterocycles. The lowest BCUT2D eigenvalue weighted by Gasteiger charge is -2.20. The molecule has 0 saturated heterocycles. The number of rotatable bonds is 3. The standard InChI is InChI=1S/C19H22O2/c1-19(2)12-15(13-8-6-5-7-9-13)18-16(19)10-14(20-3)11-17(18)21-4/h5-11,15H,12H2,1-4H3. The predicted molar refractivity (Wildman–Crippen MR) is 85.5 cm³/mol. The van der Waals surface area contributed by atoms with Crippen LogP contribution < -0.4 is 9.47 Å². The van der Waals surface area contributed by atoms with E-state index >= 15 is 0 Å². The van der Waals surface area contributed by atoms with Crippen molar-refractivity contribution < 1.29 is 9.47 Å². The van der Waals surface area contributed by atoms with Crippen LogP contribution in [0, 0.1) is 0 Å². The van der Waals surface area contributed by atoms with Gasteiger partial charge in [-0.3, -0.25) is 0 Å². The lowest BCUT2D eigenvalue weighted by Crippen LogP contribution is -2.12. The van der Waals surface area contributed by atoms with Gasteiger partial charge in [0.05, 0.1) is 14.2 Å². The molecule has 0 heterocycles. The Bertz CT molecular complexity index is 644. The molecule has 1 atom stereocenters. The summed E-state index contributed by atoms with van der Waals surface area (Å²) in [4.78, 5) is 0. The van der Waals surface area contributed by atoms with E-state index < -0.39 is 0 Å². The van der Waals surface area contributed by atoms with Crippen LogP contribution in [0.1, 0.15) is 42.9 Å². The highest BCUT2D eigenvalue weighted by molar-refractivity contribution is 5.57. The molecule has 0 saturated carbocycles. The van der Waals surface area contributed by atoms with Crippen LogP contribution in [0.2, 0.25) is 0 Å². The summed E-state index contributed by atoms with van der Waals surface area (Å²) in [6, 6.07) is 14.9. The molecule has 1 aliphatic rings. The second kappa shape index (κ2) is 5.10. The number of methoxy groups -OCH3 is 2. The number of hydrogen-bond donors (Lipinski definition) is 0. The second-order valence-electron chi connectivity index (χ2n) is 6.34. The van der Waals surface area contributed by atoms with Gasteiger partial charge >= 0.3 is 0 Å². The molecule has 0 fully saturated rings. The zero-order valence-corrected chi connectivity index (χ0v) is 13.1. The van der Waals surface area contributed by atoms with Crippen LogP contribution in [0.15, 0.2) is 42.5 Å². The van der Waals surface area contributed by atoms with Gasteiger partial charge in [0.25, 0.3) is 0 Å². The van der Waals surface area contributed by atoms with E-state index in [1.54, 1.807) is 14.2 Å². The molecule has 1 unspecified atom stereocenters. The van der Waals surface area contributed by atoms with E-state index in [9.17, 15) is 0 Å². The first-order chi connectivity index (χ1) is 10.1. The van der Waals surface area contributed by atoms with Gasteiger partial charge in [-0.05, 0) is 29.0 Å². The van der Waals surface area contributed by atoms with Crippen LogP contribution in [0.3, 0.4) is 0 Å². The Morgan fingerprint density at radius 2 is 1.71 bits per heavy atom. The van der Waals surface area contributed by atoms with Crippen LogP contribution >= 0.6 is 0 Å². The summed E-state index contributed by atoms with van der Waals surface area (Å²) >= 11 is 0. The van der Waals surface area contributed by atoms with Gasteiger partial charge < -0.3 is 9.47 Å². The highest BCUT2D eigenvalue weighted by Crippen LogP contribution is 2.53. The van der Waals surface area contributed by atoms with Crippen LogP contribution in [0.25, 0.3) is 0 Å². The largest absolute Gasteiger partial charge is 0.497 e. The third kappa shape index (κ3) is 2.29. The van der Waals surface area contributed by atoms with Gasteiger partial charge in [-0.15, -0.1) is 0 Å². The third-order valence-corrected chi connectivity index (χ3v) is 4.57. The Balaban J connectivity index is 2.20. The van der Waals surface area contributed by atoms with E-state index in [-0.39, 0.29) is 5.41 Å². The Morgan fingerprint density at radius 3 is 2.33 bits per heavy atom. The molecule has 21 heavy (non-hydrogen) atoms. The van der Waals surface area contributed by atoms with Crippen molar-refractivity contribution in [2.75, 3.05) is 14.2 Å². The molecule has 0 aromatic heterocycles. The van der Waals surface area contributed by atoms with Crippen molar-refractivity contribution >= 4 is 0 Å². The molecule has 2 aromatic carbocycles. The van der Waals surface area contributed by atoms with E-state index in [1.165, 1.54) is 16.7 Å². The van der Waals surface area contributed by atoms with Crippen molar-refractivity contribution in [1.82, 2.24) is 0 Å². The summed E-state index contributed by atoms with van der Waals surface area (Å²) in [6.45, 7) is 4.60. The van der Waals surface area contributed by atoms with Gasteiger partial charge in [-0.25, -0.2) is 0 Å². The molecule has 3 rings (SSSR count). The SMILES string of the molecule is COc1cc(OC)c2c(c1)C(C)(C)CC2c1ccccc1. The van der Waals surface area contributed by atoms with Crippen molar-refractivity contribution in [1.29, 1.82) is 0 Å². The predicted octanol–water partition coefficient (Wildman–Crippen LogP) is 4.52. The molecule has 0 bridgehead atoms. The minimum Gasteiger partial charge on any atom is -0.497 e. The van der Waals surface area contributed by atoms with E-state index in [4.69, 9.17) is 9.47 Å². The normalized spacial score (nSPS) is 19.1. The average Bonchev–Trinajstić information content (AvgIpc) is 2.79. The van der Waals surface area contributed by atoms with Crippen LogP contribution in [0.4, 0.5) is 0 Å². The zero-order chi connectivity index (χ0) is 15.0. The molecule has 0 amide bonds. The maximum Gasteiger partial charge on any atom is 0.126 e. The van der Waals surface area contributed by atoms with Crippen molar-refractivity contribution in [3.8, 4) is 11.5 Å². The number of benzene rings is 2. The molecule has 0 radical (unpaired) electrons. The average molecular weight is 282 g/mol. The lowest BCUT2D eigenvalue weighted by atomic mass is 9.85. The minimum atomic E-state index is 0.123. The fourth-order valence-electron chi connectivity index (χ4n) is 3.50. The van der Waals surface area contributed by atoms with Gasteiger partial charge in [0.1, 0.15) is 11.5 Å². The van der Waals surface area contributed by atoms with E-state index in [0.29, 0.717) is 5.92 Å². The Kier molecular flexibility index (Phi) is 3.40. The minimum absolute atomic E-state index is 0.123. The van der Waals surface area contributed by atoms with Gasteiger partial charge in [-0.2, -0.15) is 0 Å². The van der Waals surface area contributed by atoms with Crippen LogP contribution in [-0.2, 0) is 5.41 Å². The van der Waals surface area contributed by atoms with Gasteiger partial charge in [0, 0.05) is 17.5 Å². The second-order valence-corrected chi connectivity index (χ2v) is 6.34. The molecule has 2 heteroatoms. The summed E-state index contributed by atoms with van der Waals surface area (Å²) in [5.74, 6) is 2.19. The van der Waals surface area contributed by atoms with Crippen molar-refractivity contribution in [2.24, 2.45) is 0 Å². The van der Waals surface area contributed by atoms with Crippen LogP contribution in [-0.4, -0.2) is 14.2 Å².